The van der Waals surface area contributed by atoms with Crippen molar-refractivity contribution >= 4 is 23.0 Å². The van der Waals surface area contributed by atoms with Crippen molar-refractivity contribution in [3.63, 3.8) is 0 Å². The van der Waals surface area contributed by atoms with Crippen molar-refractivity contribution in [1.29, 1.82) is 0 Å². The average molecular weight is 315 g/mol. The highest BCUT2D eigenvalue weighted by molar-refractivity contribution is 6.31. The van der Waals surface area contributed by atoms with Gasteiger partial charge >= 0.3 is 0 Å². The first-order valence-electron chi connectivity index (χ1n) is 6.91. The van der Waals surface area contributed by atoms with E-state index in [0.29, 0.717) is 22.2 Å². The van der Waals surface area contributed by atoms with E-state index in [1.807, 2.05) is 31.2 Å². The number of hydrogen-bond acceptors (Lipinski definition) is 4. The van der Waals surface area contributed by atoms with Gasteiger partial charge in [-0.15, -0.1) is 0 Å². The number of nitrogens with one attached hydrogen (secondary N) is 1. The lowest BCUT2D eigenvalue weighted by Crippen LogP contribution is -2.10. The van der Waals surface area contributed by atoms with Crippen LogP contribution in [0, 0.1) is 6.92 Å². The maximum Gasteiger partial charge on any atom is 0.215 e. The number of benzene rings is 1. The number of halogens is 1. The van der Waals surface area contributed by atoms with Crippen molar-refractivity contribution in [3.05, 3.63) is 70.3 Å². The second kappa shape index (κ2) is 5.81. The zero-order valence-electron chi connectivity index (χ0n) is 12.3. The highest BCUT2D eigenvalue weighted by Crippen LogP contribution is 2.36. The molecule has 0 bridgehead atoms. The van der Waals surface area contributed by atoms with Crippen LogP contribution in [0.15, 0.2) is 48.5 Å². The predicted molar refractivity (Wildman–Crippen MR) is 85.2 cm³/mol. The van der Waals surface area contributed by atoms with Crippen LogP contribution in [0.4, 0.5) is 0 Å². The molecule has 0 saturated carbocycles. The summed E-state index contributed by atoms with van der Waals surface area (Å²) >= 11 is 6.00. The number of ketones is 1. The molecule has 0 spiro atoms. The van der Waals surface area contributed by atoms with Crippen molar-refractivity contribution < 1.29 is 9.53 Å². The first kappa shape index (κ1) is 14.6. The molecule has 1 aromatic heterocycles. The van der Waals surface area contributed by atoms with Crippen LogP contribution in [0.2, 0.25) is 5.02 Å². The fraction of sp³-hybridized carbons (Fsp3) is 0.176. The van der Waals surface area contributed by atoms with Crippen LogP contribution in [0.5, 0.6) is 0 Å². The Kier molecular flexibility index (Phi) is 3.86. The van der Waals surface area contributed by atoms with Crippen molar-refractivity contribution in [2.45, 2.75) is 13.0 Å². The minimum atomic E-state index is -0.654. The summed E-state index contributed by atoms with van der Waals surface area (Å²) in [6, 6.07) is 11.1. The summed E-state index contributed by atoms with van der Waals surface area (Å²) in [5, 5.41) is 3.45. The van der Waals surface area contributed by atoms with E-state index >= 15 is 0 Å². The zero-order valence-corrected chi connectivity index (χ0v) is 13.0. The average Bonchev–Trinajstić information content (AvgIpc) is 2.85. The number of hydrogen-bond donors (Lipinski definition) is 1. The van der Waals surface area contributed by atoms with E-state index in [0.717, 1.165) is 11.1 Å². The van der Waals surface area contributed by atoms with Gasteiger partial charge in [-0.25, -0.2) is 0 Å². The Balaban J connectivity index is 1.99. The topological polar surface area (TPSA) is 51.2 Å². The maximum absolute atomic E-state index is 12.8. The van der Waals surface area contributed by atoms with Gasteiger partial charge in [0.25, 0.3) is 0 Å². The quantitative estimate of drug-likeness (QED) is 0.944. The molecule has 0 aliphatic carbocycles. The summed E-state index contributed by atoms with van der Waals surface area (Å²) in [5.41, 5.74) is 2.89. The summed E-state index contributed by atoms with van der Waals surface area (Å²) in [4.78, 5) is 17.0. The number of aryl methyl sites for hydroxylation is 1. The van der Waals surface area contributed by atoms with Crippen molar-refractivity contribution in [1.82, 2.24) is 10.3 Å². The van der Waals surface area contributed by atoms with Crippen LogP contribution in [0.1, 0.15) is 22.9 Å². The van der Waals surface area contributed by atoms with Gasteiger partial charge in [-0.3, -0.25) is 9.78 Å². The van der Waals surface area contributed by atoms with Crippen molar-refractivity contribution in [3.8, 4) is 0 Å². The second-order valence-electron chi connectivity index (χ2n) is 5.09. The Morgan fingerprint density at radius 3 is 2.59 bits per heavy atom. The summed E-state index contributed by atoms with van der Waals surface area (Å²) in [6.07, 6.45) is 0.920. The molecule has 5 heteroatoms. The molecule has 2 heterocycles. The molecule has 2 aromatic rings. The molecule has 112 valence electrons. The minimum Gasteiger partial charge on any atom is -0.462 e. The summed E-state index contributed by atoms with van der Waals surface area (Å²) < 4.78 is 5.79. The number of aromatic nitrogens is 1. The molecule has 1 N–H and O–H groups in total. The van der Waals surface area contributed by atoms with E-state index in [2.05, 4.69) is 10.3 Å². The Morgan fingerprint density at radius 1 is 1.23 bits per heavy atom. The zero-order chi connectivity index (χ0) is 15.7. The van der Waals surface area contributed by atoms with Gasteiger partial charge in [0, 0.05) is 23.8 Å². The SMILES string of the molecule is CNC1=C(c2cc(Cl)ccn2)C(=O)C(c2ccc(C)cc2)O1. The molecule has 4 nitrogen and oxygen atoms in total. The molecule has 0 fully saturated rings. The van der Waals surface area contributed by atoms with Crippen molar-refractivity contribution in [2.24, 2.45) is 0 Å². The van der Waals surface area contributed by atoms with Crippen LogP contribution in [-0.2, 0) is 9.53 Å². The first-order valence-corrected chi connectivity index (χ1v) is 7.29. The third-order valence-corrected chi connectivity index (χ3v) is 3.77. The lowest BCUT2D eigenvalue weighted by Gasteiger charge is -2.11. The van der Waals surface area contributed by atoms with Gasteiger partial charge in [0.15, 0.2) is 6.10 Å². The number of rotatable bonds is 3. The van der Waals surface area contributed by atoms with E-state index in [-0.39, 0.29) is 5.78 Å². The highest BCUT2D eigenvalue weighted by Gasteiger charge is 2.37. The molecule has 1 aliphatic heterocycles. The second-order valence-corrected chi connectivity index (χ2v) is 5.52. The van der Waals surface area contributed by atoms with Gasteiger partial charge in [0.1, 0.15) is 5.57 Å². The standard InChI is InChI=1S/C17H15ClN2O2/c1-10-3-5-11(6-4-10)16-15(21)14(17(19-2)22-16)13-9-12(18)7-8-20-13/h3-9,16,19H,1-2H3. The van der Waals surface area contributed by atoms with E-state index in [4.69, 9.17) is 16.3 Å². The largest absolute Gasteiger partial charge is 0.462 e. The van der Waals surface area contributed by atoms with Gasteiger partial charge in [-0.2, -0.15) is 0 Å². The molecule has 0 radical (unpaired) electrons. The molecular formula is C17H15ClN2O2. The molecule has 22 heavy (non-hydrogen) atoms. The molecule has 1 unspecified atom stereocenters. The Hall–Kier alpha value is -2.33. The van der Waals surface area contributed by atoms with Gasteiger partial charge in [0.2, 0.25) is 11.7 Å². The molecular weight excluding hydrogens is 300 g/mol. The van der Waals surface area contributed by atoms with Gasteiger partial charge < -0.3 is 10.1 Å². The minimum absolute atomic E-state index is 0.122. The number of Topliss-reactive ketones (excluding diaryl/α,β-unsaturated/α-hetero) is 1. The van der Waals surface area contributed by atoms with Crippen LogP contribution < -0.4 is 5.32 Å². The third-order valence-electron chi connectivity index (χ3n) is 3.53. The fourth-order valence-electron chi connectivity index (χ4n) is 2.40. The Morgan fingerprint density at radius 2 is 1.95 bits per heavy atom. The van der Waals surface area contributed by atoms with E-state index in [9.17, 15) is 4.79 Å². The summed E-state index contributed by atoms with van der Waals surface area (Å²) in [5.74, 6) is 0.299. The Bertz CT molecular complexity index is 754. The van der Waals surface area contributed by atoms with E-state index in [1.165, 1.54) is 0 Å². The van der Waals surface area contributed by atoms with E-state index < -0.39 is 6.10 Å². The molecule has 3 rings (SSSR count). The smallest absolute Gasteiger partial charge is 0.215 e. The lowest BCUT2D eigenvalue weighted by atomic mass is 9.99. The molecule has 1 atom stereocenters. The maximum atomic E-state index is 12.8. The number of nitrogens with zero attached hydrogens (tertiary/aromatic N) is 1. The Labute approximate surface area is 133 Å². The number of carbonyl (C=O) groups is 1. The van der Waals surface area contributed by atoms with Crippen LogP contribution in [0.25, 0.3) is 5.57 Å². The molecule has 1 aliphatic rings. The number of carbonyl (C=O) groups excluding carboxylic acids is 1. The molecule has 0 amide bonds. The highest BCUT2D eigenvalue weighted by atomic mass is 35.5. The fourth-order valence-corrected chi connectivity index (χ4v) is 2.56. The number of pyridine rings is 1. The van der Waals surface area contributed by atoms with Crippen LogP contribution in [0.3, 0.4) is 0 Å². The summed E-state index contributed by atoms with van der Waals surface area (Å²) in [6.45, 7) is 2.00. The van der Waals surface area contributed by atoms with Crippen molar-refractivity contribution in [2.75, 3.05) is 7.05 Å². The van der Waals surface area contributed by atoms with Gasteiger partial charge in [-0.1, -0.05) is 41.4 Å². The van der Waals surface area contributed by atoms with Crippen LogP contribution >= 0.6 is 11.6 Å². The van der Waals surface area contributed by atoms with Gasteiger partial charge in [-0.05, 0) is 19.1 Å². The first-order chi connectivity index (χ1) is 10.6. The van der Waals surface area contributed by atoms with Gasteiger partial charge in [0.05, 0.1) is 5.69 Å². The van der Waals surface area contributed by atoms with E-state index in [1.54, 1.807) is 25.4 Å². The lowest BCUT2D eigenvalue weighted by molar-refractivity contribution is -0.120. The number of ether oxygens (including phenoxy) is 1. The third kappa shape index (κ3) is 2.57. The molecule has 0 saturated heterocycles. The molecule has 1 aromatic carbocycles. The predicted octanol–water partition coefficient (Wildman–Crippen LogP) is 3.27. The monoisotopic (exact) mass is 314 g/mol. The normalized spacial score (nSPS) is 17.6. The van der Waals surface area contributed by atoms with Crippen LogP contribution in [-0.4, -0.2) is 17.8 Å². The summed E-state index contributed by atoms with van der Waals surface area (Å²) in [7, 11) is 1.71.